The van der Waals surface area contributed by atoms with Gasteiger partial charge in [0.2, 0.25) is 0 Å². The number of rotatable bonds is 2. The minimum atomic E-state index is -0.476. The van der Waals surface area contributed by atoms with Crippen molar-refractivity contribution in [2.24, 2.45) is 0 Å². The van der Waals surface area contributed by atoms with Gasteiger partial charge in [-0.05, 0) is 14.1 Å². The van der Waals surface area contributed by atoms with Gasteiger partial charge in [0.15, 0.2) is 0 Å². The first kappa shape index (κ1) is 18.9. The number of benzene rings is 1. The Morgan fingerprint density at radius 2 is 2.22 bits per heavy atom. The maximum atomic E-state index is 13.3. The third-order valence-corrected chi connectivity index (χ3v) is 3.34. The summed E-state index contributed by atoms with van der Waals surface area (Å²) in [5, 5.41) is 14.5. The fourth-order valence-corrected chi connectivity index (χ4v) is 2.19. The average molecular weight is 339 g/mol. The third kappa shape index (κ3) is 5.23. The van der Waals surface area contributed by atoms with E-state index in [2.05, 4.69) is 15.3 Å². The largest absolute Gasteiger partial charge is 0.323 e. The van der Waals surface area contributed by atoms with E-state index in [1.54, 1.807) is 7.05 Å². The minimum Gasteiger partial charge on any atom is -0.323 e. The molecule has 1 aliphatic heterocycles. The van der Waals surface area contributed by atoms with Gasteiger partial charge in [0.1, 0.15) is 0 Å². The SMILES string of the molecule is CN1C(=O)C[C@@H](c2cc(F)ccc2Cl)NC1=BOC#N.CNC. The topological polar surface area (TPSA) is 77.4 Å². The van der Waals surface area contributed by atoms with Crippen molar-refractivity contribution in [2.45, 2.75) is 12.5 Å². The maximum absolute atomic E-state index is 13.3. The van der Waals surface area contributed by atoms with Crippen LogP contribution in [0.3, 0.4) is 0 Å². The number of amides is 1. The second-order valence-electron chi connectivity index (χ2n) is 4.73. The van der Waals surface area contributed by atoms with E-state index in [-0.39, 0.29) is 12.3 Å². The van der Waals surface area contributed by atoms with Crippen LogP contribution >= 0.6 is 11.6 Å². The summed E-state index contributed by atoms with van der Waals surface area (Å²) in [6.07, 6.45) is 1.61. The molecule has 9 heteroatoms. The van der Waals surface area contributed by atoms with Crippen LogP contribution < -0.4 is 10.6 Å². The Morgan fingerprint density at radius 1 is 1.57 bits per heavy atom. The van der Waals surface area contributed by atoms with Crippen LogP contribution in [0.15, 0.2) is 18.2 Å². The van der Waals surface area contributed by atoms with Gasteiger partial charge < -0.3 is 5.32 Å². The third-order valence-electron chi connectivity index (χ3n) is 2.99. The fraction of sp³-hybridized carbons (Fsp3) is 0.357. The summed E-state index contributed by atoms with van der Waals surface area (Å²) < 4.78 is 17.8. The molecule has 1 saturated heterocycles. The molecular formula is C14H17BClFN4O2. The van der Waals surface area contributed by atoms with Crippen LogP contribution in [-0.4, -0.2) is 44.8 Å². The van der Waals surface area contributed by atoms with Crippen molar-refractivity contribution in [1.82, 2.24) is 15.5 Å². The van der Waals surface area contributed by atoms with Crippen molar-refractivity contribution in [2.75, 3.05) is 21.1 Å². The molecule has 23 heavy (non-hydrogen) atoms. The summed E-state index contributed by atoms with van der Waals surface area (Å²) >= 11 is 6.03. The van der Waals surface area contributed by atoms with E-state index < -0.39 is 11.9 Å². The van der Waals surface area contributed by atoms with E-state index in [0.717, 1.165) is 7.12 Å². The summed E-state index contributed by atoms with van der Waals surface area (Å²) in [6.45, 7) is 0. The normalized spacial score (nSPS) is 18.3. The Hall–Kier alpha value is -2.11. The van der Waals surface area contributed by atoms with Crippen LogP contribution in [0.2, 0.25) is 5.02 Å². The Kier molecular flexibility index (Phi) is 7.52. The van der Waals surface area contributed by atoms with Crippen molar-refractivity contribution in [3.63, 3.8) is 0 Å². The van der Waals surface area contributed by atoms with E-state index in [0.29, 0.717) is 16.3 Å². The fourth-order valence-electron chi connectivity index (χ4n) is 1.94. The number of nitrogens with one attached hydrogen (secondary N) is 2. The molecule has 2 N–H and O–H groups in total. The zero-order valence-electron chi connectivity index (χ0n) is 13.1. The predicted octanol–water partition coefficient (Wildman–Crippen LogP) is 1.01. The molecule has 1 fully saturated rings. The van der Waals surface area contributed by atoms with Gasteiger partial charge in [-0.1, -0.05) is 0 Å². The molecule has 1 atom stereocenters. The molecule has 6 nitrogen and oxygen atoms in total. The summed E-state index contributed by atoms with van der Waals surface area (Å²) in [5.74, 6) is -0.627. The molecule has 1 aliphatic rings. The van der Waals surface area contributed by atoms with Crippen LogP contribution in [0.4, 0.5) is 4.39 Å². The van der Waals surface area contributed by atoms with Crippen molar-refractivity contribution < 1.29 is 13.8 Å². The van der Waals surface area contributed by atoms with E-state index in [1.165, 1.54) is 29.4 Å². The Labute approximate surface area is 140 Å². The molecular weight excluding hydrogens is 321 g/mol. The number of carbonyl (C=O) groups excluding carboxylic acids is 1. The number of nitriles is 1. The minimum absolute atomic E-state index is 0.129. The molecule has 0 unspecified atom stereocenters. The predicted molar refractivity (Wildman–Crippen MR) is 87.1 cm³/mol. The molecule has 2 rings (SSSR count). The quantitative estimate of drug-likeness (QED) is 0.622. The van der Waals surface area contributed by atoms with E-state index in [1.807, 2.05) is 14.1 Å². The number of halogens is 2. The second kappa shape index (κ2) is 9.13. The molecule has 0 spiro atoms. The Balaban J connectivity index is 0.000000816. The van der Waals surface area contributed by atoms with Crippen molar-refractivity contribution in [1.29, 1.82) is 5.26 Å². The second-order valence-corrected chi connectivity index (χ2v) is 5.14. The van der Waals surface area contributed by atoms with Crippen LogP contribution in [0.1, 0.15) is 18.0 Å². The van der Waals surface area contributed by atoms with Crippen molar-refractivity contribution in [3.8, 4) is 6.26 Å². The Morgan fingerprint density at radius 3 is 2.83 bits per heavy atom. The molecule has 0 radical (unpaired) electrons. The van der Waals surface area contributed by atoms with Crippen molar-refractivity contribution >= 4 is 30.3 Å². The van der Waals surface area contributed by atoms with E-state index in [4.69, 9.17) is 16.9 Å². The van der Waals surface area contributed by atoms with Crippen molar-refractivity contribution in [3.05, 3.63) is 34.6 Å². The summed E-state index contributed by atoms with van der Waals surface area (Å²) in [5.41, 5.74) is 0.795. The van der Waals surface area contributed by atoms with Gasteiger partial charge >= 0.3 is 120 Å². The molecule has 0 saturated carbocycles. The molecule has 1 heterocycles. The number of nitrogens with zero attached hydrogens (tertiary/aromatic N) is 2. The van der Waals surface area contributed by atoms with Gasteiger partial charge in [0.25, 0.3) is 0 Å². The molecule has 1 aromatic rings. The molecule has 0 bridgehead atoms. The van der Waals surface area contributed by atoms with E-state index in [9.17, 15) is 9.18 Å². The standard InChI is InChI=1S/C12H10BClFN3O2.C2H7N/c1-18-11(19)5-10(17-12(18)13-20-6-16)8-4-7(15)2-3-9(8)14;1-3-2/h2-4,10,17H,5H2,1H3;3H,1-2H3/t10-;/m0./s1. The van der Waals surface area contributed by atoms with Gasteiger partial charge in [0, 0.05) is 0 Å². The number of hydrogen-bond donors (Lipinski definition) is 2. The molecule has 1 amide bonds. The molecule has 122 valence electrons. The molecule has 0 aliphatic carbocycles. The zero-order valence-corrected chi connectivity index (χ0v) is 13.8. The van der Waals surface area contributed by atoms with E-state index >= 15 is 0 Å². The monoisotopic (exact) mass is 338 g/mol. The first-order valence-corrected chi connectivity index (χ1v) is 7.13. The summed E-state index contributed by atoms with van der Waals surface area (Å²) in [6, 6.07) is 3.49. The summed E-state index contributed by atoms with van der Waals surface area (Å²) in [7, 11) is 6.42. The van der Waals surface area contributed by atoms with Crippen LogP contribution in [-0.2, 0) is 9.45 Å². The van der Waals surface area contributed by atoms with Gasteiger partial charge in [-0.3, -0.25) is 0 Å². The average Bonchev–Trinajstić information content (AvgIpc) is 2.52. The number of hydrogen-bond acceptors (Lipinski definition) is 5. The Bertz CT molecular complexity index is 636. The van der Waals surface area contributed by atoms with Gasteiger partial charge in [0.05, 0.1) is 0 Å². The number of carbonyl (C=O) groups is 1. The zero-order chi connectivity index (χ0) is 17.4. The van der Waals surface area contributed by atoms with Crippen LogP contribution in [0, 0.1) is 17.3 Å². The van der Waals surface area contributed by atoms with Crippen LogP contribution in [0.5, 0.6) is 0 Å². The first-order chi connectivity index (χ1) is 10.9. The first-order valence-electron chi connectivity index (χ1n) is 6.76. The molecule has 1 aromatic carbocycles. The van der Waals surface area contributed by atoms with Crippen LogP contribution in [0.25, 0.3) is 0 Å². The molecule has 0 aromatic heterocycles. The van der Waals surface area contributed by atoms with Gasteiger partial charge in [-0.15, -0.1) is 0 Å². The maximum Gasteiger partial charge on any atom is -0.0167 e. The smallest absolute Gasteiger partial charge is 0.0167 e. The summed E-state index contributed by atoms with van der Waals surface area (Å²) in [4.78, 5) is 13.2. The van der Waals surface area contributed by atoms with Gasteiger partial charge in [-0.25, -0.2) is 0 Å². The van der Waals surface area contributed by atoms with Gasteiger partial charge in [-0.2, -0.15) is 0 Å².